The van der Waals surface area contributed by atoms with Crippen LogP contribution in [0, 0.1) is 10.1 Å². The van der Waals surface area contributed by atoms with E-state index in [1.807, 2.05) is 0 Å². The average Bonchev–Trinajstić information content (AvgIpc) is 3.28. The van der Waals surface area contributed by atoms with Crippen molar-refractivity contribution in [3.63, 3.8) is 0 Å². The van der Waals surface area contributed by atoms with Gasteiger partial charge in [0.1, 0.15) is 11.3 Å². The first kappa shape index (κ1) is 15.7. The van der Waals surface area contributed by atoms with E-state index in [0.717, 1.165) is 25.4 Å². The van der Waals surface area contributed by atoms with Crippen molar-refractivity contribution < 1.29 is 9.72 Å². The first-order valence-corrected chi connectivity index (χ1v) is 7.23. The summed E-state index contributed by atoms with van der Waals surface area (Å²) in [4.78, 5) is 28.1. The van der Waals surface area contributed by atoms with Crippen LogP contribution in [-0.4, -0.2) is 46.4 Å². The molecule has 114 valence electrons. The van der Waals surface area contributed by atoms with Gasteiger partial charge in [-0.25, -0.2) is 4.98 Å². The van der Waals surface area contributed by atoms with Crippen molar-refractivity contribution in [1.82, 2.24) is 15.2 Å². The molecular formula is C13H17ClN4O3. The highest BCUT2D eigenvalue weighted by Gasteiger charge is 2.27. The lowest BCUT2D eigenvalue weighted by Crippen LogP contribution is -2.36. The van der Waals surface area contributed by atoms with Gasteiger partial charge in [0, 0.05) is 25.2 Å². The predicted octanol–water partition coefficient (Wildman–Crippen LogP) is 1.86. The van der Waals surface area contributed by atoms with Gasteiger partial charge in [-0.1, -0.05) is 18.5 Å². The fraction of sp³-hybridized carbons (Fsp3) is 0.538. The van der Waals surface area contributed by atoms with Gasteiger partial charge in [-0.05, 0) is 19.4 Å². The lowest BCUT2D eigenvalue weighted by molar-refractivity contribution is -0.385. The van der Waals surface area contributed by atoms with Crippen molar-refractivity contribution in [3.05, 3.63) is 33.1 Å². The van der Waals surface area contributed by atoms with Gasteiger partial charge in [-0.2, -0.15) is 0 Å². The molecule has 1 amide bonds. The monoisotopic (exact) mass is 312 g/mol. The second-order valence-electron chi connectivity index (χ2n) is 4.90. The van der Waals surface area contributed by atoms with E-state index in [1.165, 1.54) is 12.8 Å². The van der Waals surface area contributed by atoms with E-state index in [4.69, 9.17) is 11.6 Å². The number of aromatic nitrogens is 1. The van der Waals surface area contributed by atoms with E-state index >= 15 is 0 Å². The molecule has 0 atom stereocenters. The molecule has 1 N–H and O–H groups in total. The van der Waals surface area contributed by atoms with Crippen LogP contribution in [0.2, 0.25) is 5.15 Å². The molecule has 1 aliphatic carbocycles. The molecule has 1 fully saturated rings. The lowest BCUT2D eigenvalue weighted by atomic mass is 10.2. The molecule has 0 saturated heterocycles. The quantitative estimate of drug-likeness (QED) is 0.471. The molecule has 0 bridgehead atoms. The zero-order chi connectivity index (χ0) is 15.4. The number of carbonyl (C=O) groups excluding carboxylic acids is 1. The molecule has 1 aromatic heterocycles. The summed E-state index contributed by atoms with van der Waals surface area (Å²) in [5.74, 6) is -0.442. The Morgan fingerprint density at radius 1 is 1.62 bits per heavy atom. The predicted molar refractivity (Wildman–Crippen MR) is 78.5 cm³/mol. The van der Waals surface area contributed by atoms with Gasteiger partial charge in [-0.3, -0.25) is 19.8 Å². The van der Waals surface area contributed by atoms with Crippen LogP contribution in [0.25, 0.3) is 0 Å². The molecule has 1 heterocycles. The Morgan fingerprint density at radius 3 is 2.90 bits per heavy atom. The number of amides is 1. The van der Waals surface area contributed by atoms with E-state index < -0.39 is 10.8 Å². The fourth-order valence-electron chi connectivity index (χ4n) is 2.14. The summed E-state index contributed by atoms with van der Waals surface area (Å²) in [5.41, 5.74) is -0.224. The number of halogens is 1. The minimum atomic E-state index is -0.605. The number of nitro groups is 1. The Labute approximate surface area is 127 Å². The first-order valence-electron chi connectivity index (χ1n) is 6.85. The molecule has 0 aliphatic heterocycles. The van der Waals surface area contributed by atoms with Crippen LogP contribution in [0.1, 0.15) is 30.1 Å². The zero-order valence-electron chi connectivity index (χ0n) is 11.7. The van der Waals surface area contributed by atoms with Crippen LogP contribution in [-0.2, 0) is 0 Å². The van der Waals surface area contributed by atoms with Crippen LogP contribution in [0.3, 0.4) is 0 Å². The van der Waals surface area contributed by atoms with Crippen LogP contribution in [0.5, 0.6) is 0 Å². The molecule has 0 aromatic carbocycles. The lowest BCUT2D eigenvalue weighted by Gasteiger charge is -2.19. The highest BCUT2D eigenvalue weighted by atomic mass is 35.5. The fourth-order valence-corrected chi connectivity index (χ4v) is 2.33. The number of nitrogens with zero attached hydrogens (tertiary/aromatic N) is 3. The number of hydrogen-bond acceptors (Lipinski definition) is 5. The zero-order valence-corrected chi connectivity index (χ0v) is 12.5. The third kappa shape index (κ3) is 4.12. The second kappa shape index (κ2) is 6.82. The van der Waals surface area contributed by atoms with E-state index in [9.17, 15) is 14.9 Å². The third-order valence-electron chi connectivity index (χ3n) is 3.43. The summed E-state index contributed by atoms with van der Waals surface area (Å²) in [6, 6.07) is 1.78. The summed E-state index contributed by atoms with van der Waals surface area (Å²) < 4.78 is 0. The minimum Gasteiger partial charge on any atom is -0.351 e. The molecule has 0 spiro atoms. The normalized spacial score (nSPS) is 14.2. The summed E-state index contributed by atoms with van der Waals surface area (Å²) in [6.45, 7) is 4.26. The molecule has 1 aromatic rings. The van der Waals surface area contributed by atoms with E-state index in [2.05, 4.69) is 22.1 Å². The van der Waals surface area contributed by atoms with Crippen molar-refractivity contribution in [2.75, 3.05) is 19.6 Å². The maximum absolute atomic E-state index is 12.0. The van der Waals surface area contributed by atoms with Crippen molar-refractivity contribution in [3.8, 4) is 0 Å². The summed E-state index contributed by atoms with van der Waals surface area (Å²) >= 11 is 5.82. The maximum atomic E-state index is 12.0. The van der Waals surface area contributed by atoms with Crippen LogP contribution in [0.15, 0.2) is 12.3 Å². The van der Waals surface area contributed by atoms with Gasteiger partial charge in [-0.15, -0.1) is 0 Å². The Balaban J connectivity index is 1.93. The summed E-state index contributed by atoms with van der Waals surface area (Å²) in [5, 5.41) is 13.4. The topological polar surface area (TPSA) is 88.4 Å². The molecule has 7 nitrogen and oxygen atoms in total. The SMILES string of the molecule is CCN(CCNC(=O)c1cc([N+](=O)[O-])cnc1Cl)C1CC1. The van der Waals surface area contributed by atoms with Crippen LogP contribution < -0.4 is 5.32 Å². The number of pyridine rings is 1. The average molecular weight is 313 g/mol. The Hall–Kier alpha value is -1.73. The standard InChI is InChI=1S/C13H17ClN4O3/c1-2-17(9-3-4-9)6-5-15-13(19)11-7-10(18(20)21)8-16-12(11)14/h7-9H,2-6H2,1H3,(H,15,19). The van der Waals surface area contributed by atoms with E-state index in [-0.39, 0.29) is 16.4 Å². The molecule has 1 saturated carbocycles. The molecule has 8 heteroatoms. The van der Waals surface area contributed by atoms with Crippen molar-refractivity contribution in [1.29, 1.82) is 0 Å². The van der Waals surface area contributed by atoms with Gasteiger partial charge in [0.25, 0.3) is 11.6 Å². The summed E-state index contributed by atoms with van der Waals surface area (Å²) in [7, 11) is 0. The van der Waals surface area contributed by atoms with Crippen LogP contribution in [0.4, 0.5) is 5.69 Å². The van der Waals surface area contributed by atoms with E-state index in [1.54, 1.807) is 0 Å². The van der Waals surface area contributed by atoms with Crippen molar-refractivity contribution >= 4 is 23.2 Å². The van der Waals surface area contributed by atoms with Crippen molar-refractivity contribution in [2.45, 2.75) is 25.8 Å². The molecule has 21 heavy (non-hydrogen) atoms. The van der Waals surface area contributed by atoms with Gasteiger partial charge in [0.05, 0.1) is 10.5 Å². The number of likely N-dealkylation sites (N-methyl/N-ethyl adjacent to an activating group) is 1. The highest BCUT2D eigenvalue weighted by Crippen LogP contribution is 2.25. The Morgan fingerprint density at radius 2 is 2.33 bits per heavy atom. The highest BCUT2D eigenvalue weighted by molar-refractivity contribution is 6.32. The second-order valence-corrected chi connectivity index (χ2v) is 5.26. The molecule has 1 aliphatic rings. The first-order chi connectivity index (χ1) is 10.0. The number of hydrogen-bond donors (Lipinski definition) is 1. The number of nitrogens with one attached hydrogen (secondary N) is 1. The smallest absolute Gasteiger partial charge is 0.288 e. The Bertz CT molecular complexity index is 548. The molecule has 0 radical (unpaired) electrons. The number of carbonyl (C=O) groups is 1. The van der Waals surface area contributed by atoms with Gasteiger partial charge in [0.15, 0.2) is 0 Å². The Kier molecular flexibility index (Phi) is 5.08. The van der Waals surface area contributed by atoms with Crippen LogP contribution >= 0.6 is 11.6 Å². The van der Waals surface area contributed by atoms with E-state index in [0.29, 0.717) is 12.6 Å². The maximum Gasteiger partial charge on any atom is 0.288 e. The molecule has 2 rings (SSSR count). The molecular weight excluding hydrogens is 296 g/mol. The van der Waals surface area contributed by atoms with Gasteiger partial charge in [0.2, 0.25) is 0 Å². The minimum absolute atomic E-state index is 0.0281. The molecule has 0 unspecified atom stereocenters. The largest absolute Gasteiger partial charge is 0.351 e. The third-order valence-corrected chi connectivity index (χ3v) is 3.74. The van der Waals surface area contributed by atoms with Crippen molar-refractivity contribution in [2.24, 2.45) is 0 Å². The van der Waals surface area contributed by atoms with Gasteiger partial charge >= 0.3 is 0 Å². The number of rotatable bonds is 7. The summed E-state index contributed by atoms with van der Waals surface area (Å²) in [6.07, 6.45) is 3.45. The van der Waals surface area contributed by atoms with Gasteiger partial charge < -0.3 is 5.32 Å².